The smallest absolute Gasteiger partial charge is 0.267 e. The molecule has 1 aliphatic rings. The summed E-state index contributed by atoms with van der Waals surface area (Å²) in [6, 6.07) is 15.5. The van der Waals surface area contributed by atoms with Crippen molar-refractivity contribution in [3.05, 3.63) is 70.6 Å². The lowest BCUT2D eigenvalue weighted by Crippen LogP contribution is -2.44. The average molecular weight is 391 g/mol. The van der Waals surface area contributed by atoms with Gasteiger partial charge in [0.15, 0.2) is 4.32 Å². The molecule has 8 heteroatoms. The maximum atomic E-state index is 12.5. The van der Waals surface area contributed by atoms with E-state index in [0.717, 1.165) is 27.9 Å². The van der Waals surface area contributed by atoms with Gasteiger partial charge in [-0.05, 0) is 30.7 Å². The number of hydrazine groups is 1. The molecule has 128 valence electrons. The summed E-state index contributed by atoms with van der Waals surface area (Å²) in [7, 11) is -3.88. The van der Waals surface area contributed by atoms with E-state index in [9.17, 15) is 13.2 Å². The molecule has 0 unspecified atom stereocenters. The molecule has 25 heavy (non-hydrogen) atoms. The topological polar surface area (TPSA) is 66.5 Å². The van der Waals surface area contributed by atoms with Crippen LogP contribution in [0.4, 0.5) is 0 Å². The maximum Gasteiger partial charge on any atom is 0.281 e. The molecule has 2 aromatic rings. The monoisotopic (exact) mass is 390 g/mol. The highest BCUT2D eigenvalue weighted by Gasteiger charge is 2.35. The van der Waals surface area contributed by atoms with Gasteiger partial charge in [0.1, 0.15) is 0 Å². The second-order valence-electron chi connectivity index (χ2n) is 5.34. The van der Waals surface area contributed by atoms with Crippen molar-refractivity contribution in [2.24, 2.45) is 0 Å². The number of sulfonamides is 1. The lowest BCUT2D eigenvalue weighted by molar-refractivity contribution is -0.123. The highest BCUT2D eigenvalue weighted by atomic mass is 32.2. The van der Waals surface area contributed by atoms with E-state index in [4.69, 9.17) is 12.2 Å². The van der Waals surface area contributed by atoms with Gasteiger partial charge in [0, 0.05) is 0 Å². The molecule has 1 saturated heterocycles. The van der Waals surface area contributed by atoms with Crippen LogP contribution in [0.15, 0.2) is 64.4 Å². The van der Waals surface area contributed by atoms with Crippen molar-refractivity contribution in [2.75, 3.05) is 0 Å². The predicted octanol–water partition coefficient (Wildman–Crippen LogP) is 3.09. The van der Waals surface area contributed by atoms with Gasteiger partial charge in [0.05, 0.1) is 9.80 Å². The third-order valence-corrected chi connectivity index (χ3v) is 6.05. The molecule has 0 radical (unpaired) electrons. The Morgan fingerprint density at radius 1 is 1.08 bits per heavy atom. The number of amides is 1. The van der Waals surface area contributed by atoms with Crippen LogP contribution >= 0.6 is 24.0 Å². The van der Waals surface area contributed by atoms with Gasteiger partial charge in [0.2, 0.25) is 0 Å². The third kappa shape index (κ3) is 3.98. The summed E-state index contributed by atoms with van der Waals surface area (Å²) in [5, 5.41) is 0.891. The Balaban J connectivity index is 1.83. The Morgan fingerprint density at radius 3 is 2.36 bits per heavy atom. The summed E-state index contributed by atoms with van der Waals surface area (Å²) in [4.78, 5) is 15.2. The van der Waals surface area contributed by atoms with Gasteiger partial charge in [-0.1, -0.05) is 72.0 Å². The third-order valence-electron chi connectivity index (χ3n) is 3.43. The van der Waals surface area contributed by atoms with E-state index in [1.807, 2.05) is 31.2 Å². The largest absolute Gasteiger partial charge is 0.281 e. The molecular weight excluding hydrogens is 376 g/mol. The number of carbonyl (C=O) groups is 1. The molecular formula is C17H14N2O3S3. The number of thioether (sulfide) groups is 1. The van der Waals surface area contributed by atoms with Crippen LogP contribution in [0.3, 0.4) is 0 Å². The fraction of sp³-hybridized carbons (Fsp3) is 0.0588. The summed E-state index contributed by atoms with van der Waals surface area (Å²) >= 11 is 6.21. The number of thiocarbonyl (C=S) groups is 1. The minimum atomic E-state index is -3.88. The Morgan fingerprint density at radius 2 is 1.72 bits per heavy atom. The zero-order valence-electron chi connectivity index (χ0n) is 13.2. The van der Waals surface area contributed by atoms with Crippen LogP contribution in [-0.2, 0) is 14.8 Å². The normalized spacial score (nSPS) is 16.7. The lowest BCUT2D eigenvalue weighted by Gasteiger charge is -2.15. The maximum absolute atomic E-state index is 12.5. The van der Waals surface area contributed by atoms with Gasteiger partial charge in [0.25, 0.3) is 15.9 Å². The molecule has 0 atom stereocenters. The van der Waals surface area contributed by atoms with Gasteiger partial charge in [-0.2, -0.15) is 0 Å². The minimum absolute atomic E-state index is 0.0616. The molecule has 1 aliphatic heterocycles. The molecule has 0 spiro atoms. The van der Waals surface area contributed by atoms with E-state index in [1.165, 1.54) is 12.1 Å². The summed E-state index contributed by atoms with van der Waals surface area (Å²) in [6.07, 6.45) is 1.69. The lowest BCUT2D eigenvalue weighted by atomic mass is 10.1. The number of hydrogen-bond donors (Lipinski definition) is 1. The Bertz CT molecular complexity index is 952. The van der Waals surface area contributed by atoms with Crippen LogP contribution in [0, 0.1) is 6.92 Å². The number of nitrogens with zero attached hydrogens (tertiary/aromatic N) is 1. The number of nitrogens with one attached hydrogen (secondary N) is 1. The Labute approximate surface area is 155 Å². The van der Waals surface area contributed by atoms with E-state index in [1.54, 1.807) is 24.3 Å². The fourth-order valence-electron chi connectivity index (χ4n) is 2.13. The quantitative estimate of drug-likeness (QED) is 0.642. The Hall–Kier alpha value is -2.00. The van der Waals surface area contributed by atoms with Crippen molar-refractivity contribution < 1.29 is 13.2 Å². The van der Waals surface area contributed by atoms with Crippen LogP contribution < -0.4 is 4.83 Å². The molecule has 1 heterocycles. The second-order valence-corrected chi connectivity index (χ2v) is 8.67. The number of rotatable bonds is 4. The van der Waals surface area contributed by atoms with E-state index in [0.29, 0.717) is 4.91 Å². The van der Waals surface area contributed by atoms with Crippen molar-refractivity contribution in [3.63, 3.8) is 0 Å². The summed E-state index contributed by atoms with van der Waals surface area (Å²) in [5.74, 6) is -0.491. The molecule has 3 rings (SSSR count). The first-order valence-corrected chi connectivity index (χ1v) is 10.00. The first-order valence-electron chi connectivity index (χ1n) is 7.29. The highest BCUT2D eigenvalue weighted by molar-refractivity contribution is 8.26. The van der Waals surface area contributed by atoms with Gasteiger partial charge in [-0.15, -0.1) is 4.83 Å². The van der Waals surface area contributed by atoms with Crippen molar-refractivity contribution in [2.45, 2.75) is 11.8 Å². The fourth-order valence-corrected chi connectivity index (χ4v) is 4.46. The van der Waals surface area contributed by atoms with Crippen molar-refractivity contribution in [1.29, 1.82) is 0 Å². The summed E-state index contributed by atoms with van der Waals surface area (Å²) in [5.41, 5.74) is 1.96. The zero-order valence-corrected chi connectivity index (χ0v) is 15.6. The van der Waals surface area contributed by atoms with Gasteiger partial charge < -0.3 is 0 Å². The van der Waals surface area contributed by atoms with E-state index in [2.05, 4.69) is 4.83 Å². The number of benzene rings is 2. The molecule has 5 nitrogen and oxygen atoms in total. The van der Waals surface area contributed by atoms with Gasteiger partial charge in [-0.3, -0.25) is 4.79 Å². The van der Waals surface area contributed by atoms with E-state index < -0.39 is 15.9 Å². The zero-order chi connectivity index (χ0) is 18.0. The molecule has 0 bridgehead atoms. The van der Waals surface area contributed by atoms with Crippen LogP contribution in [0.2, 0.25) is 0 Å². The minimum Gasteiger partial charge on any atom is -0.267 e. The van der Waals surface area contributed by atoms with Crippen molar-refractivity contribution in [1.82, 2.24) is 9.84 Å². The summed E-state index contributed by atoms with van der Waals surface area (Å²) in [6.45, 7) is 1.97. The van der Waals surface area contributed by atoms with E-state index >= 15 is 0 Å². The van der Waals surface area contributed by atoms with Crippen molar-refractivity contribution in [3.8, 4) is 0 Å². The molecule has 2 aromatic carbocycles. The number of carbonyl (C=O) groups excluding carboxylic acids is 1. The second kappa shape index (κ2) is 7.09. The van der Waals surface area contributed by atoms with Crippen LogP contribution in [-0.4, -0.2) is 23.7 Å². The van der Waals surface area contributed by atoms with Crippen LogP contribution in [0.25, 0.3) is 6.08 Å². The Kier molecular flexibility index (Phi) is 5.05. The highest BCUT2D eigenvalue weighted by Crippen LogP contribution is 2.32. The molecule has 1 amide bonds. The average Bonchev–Trinajstić information content (AvgIpc) is 2.85. The molecule has 1 fully saturated rings. The van der Waals surface area contributed by atoms with Gasteiger partial charge in [-0.25, -0.2) is 13.4 Å². The SMILES string of the molecule is Cc1ccc(/C=C2\SC(=S)N(NS(=O)(=O)c3ccccc3)C2=O)cc1. The van der Waals surface area contributed by atoms with Crippen LogP contribution in [0.1, 0.15) is 11.1 Å². The molecule has 1 N–H and O–H groups in total. The molecule has 0 aliphatic carbocycles. The number of hydrogen-bond acceptors (Lipinski definition) is 5. The predicted molar refractivity (Wildman–Crippen MR) is 103 cm³/mol. The van der Waals surface area contributed by atoms with E-state index in [-0.39, 0.29) is 9.22 Å². The molecule has 0 saturated carbocycles. The number of aryl methyl sites for hydroxylation is 1. The molecule has 0 aromatic heterocycles. The standard InChI is InChI=1S/C17H14N2O3S3/c1-12-7-9-13(10-8-12)11-15-16(20)19(17(23)24-15)18-25(21,22)14-5-3-2-4-6-14/h2-11,18H,1H3/b15-11-. The summed E-state index contributed by atoms with van der Waals surface area (Å²) < 4.78 is 24.9. The van der Waals surface area contributed by atoms with Gasteiger partial charge >= 0.3 is 0 Å². The van der Waals surface area contributed by atoms with Crippen LogP contribution in [0.5, 0.6) is 0 Å². The first kappa shape index (κ1) is 17.8. The first-order chi connectivity index (χ1) is 11.9. The van der Waals surface area contributed by atoms with Crippen molar-refractivity contribution >= 4 is 50.3 Å².